The quantitative estimate of drug-likeness (QED) is 0.534. The Balaban J connectivity index is 1.76. The number of nitrogens with zero attached hydrogens (tertiary/aromatic N) is 3. The monoisotopic (exact) mass is 422 g/mol. The van der Waals surface area contributed by atoms with Gasteiger partial charge in [0.1, 0.15) is 5.82 Å². The molecule has 0 spiro atoms. The molecule has 4 aromatic rings. The third kappa shape index (κ3) is 2.78. The Kier molecular flexibility index (Phi) is 3.74. The molecular formula is C20H14N4O3S2. The number of sulfone groups is 1. The number of fused-ring (bicyclic) bond motifs is 4. The molecule has 0 atom stereocenters. The molecule has 0 fully saturated rings. The molecule has 0 bridgehead atoms. The lowest BCUT2D eigenvalue weighted by molar-refractivity contribution is 0.602. The second-order valence-electron chi connectivity index (χ2n) is 6.71. The van der Waals surface area contributed by atoms with Crippen LogP contribution in [0.2, 0.25) is 0 Å². The van der Waals surface area contributed by atoms with Crippen LogP contribution in [0.5, 0.6) is 0 Å². The average Bonchev–Trinajstić information content (AvgIpc) is 3.24. The smallest absolute Gasteiger partial charge is 0.283 e. The summed E-state index contributed by atoms with van der Waals surface area (Å²) in [7, 11) is -3.34. The topological polar surface area (TPSA) is 107 Å². The maximum atomic E-state index is 12.7. The number of thiazole rings is 1. The molecule has 5 rings (SSSR count). The summed E-state index contributed by atoms with van der Waals surface area (Å²) < 4.78 is 26.1. The van der Waals surface area contributed by atoms with Gasteiger partial charge in [0.25, 0.3) is 5.56 Å². The van der Waals surface area contributed by atoms with Crippen LogP contribution in [-0.2, 0) is 9.84 Å². The molecule has 0 radical (unpaired) electrons. The van der Waals surface area contributed by atoms with Crippen molar-refractivity contribution in [2.75, 3.05) is 12.0 Å². The summed E-state index contributed by atoms with van der Waals surface area (Å²) >= 11 is 1.22. The van der Waals surface area contributed by atoms with Crippen molar-refractivity contribution in [3.8, 4) is 0 Å². The summed E-state index contributed by atoms with van der Waals surface area (Å²) in [4.78, 5) is 21.8. The highest BCUT2D eigenvalue weighted by atomic mass is 32.2. The summed E-state index contributed by atoms with van der Waals surface area (Å²) in [5, 5.41) is 0. The zero-order valence-corrected chi connectivity index (χ0v) is 16.8. The molecule has 0 saturated carbocycles. The third-order valence-corrected chi connectivity index (χ3v) is 6.91. The molecule has 1 aliphatic heterocycles. The molecule has 0 aliphatic carbocycles. The first kappa shape index (κ1) is 17.8. The zero-order chi connectivity index (χ0) is 20.3. The zero-order valence-electron chi connectivity index (χ0n) is 15.2. The number of rotatable bonds is 2. The Hall–Kier alpha value is -3.30. The van der Waals surface area contributed by atoms with Crippen LogP contribution in [-0.4, -0.2) is 30.3 Å². The molecule has 9 heteroatoms. The van der Waals surface area contributed by atoms with E-state index in [1.54, 1.807) is 28.8 Å². The van der Waals surface area contributed by atoms with Gasteiger partial charge in [-0.1, -0.05) is 29.5 Å². The van der Waals surface area contributed by atoms with Crippen LogP contribution in [0.1, 0.15) is 11.1 Å². The molecule has 2 N–H and O–H groups in total. The largest absolute Gasteiger partial charge is 0.384 e. The molecule has 3 heterocycles. The van der Waals surface area contributed by atoms with Crippen LogP contribution in [0.3, 0.4) is 0 Å². The number of allylic oxidation sites excluding steroid dienone is 1. The lowest BCUT2D eigenvalue weighted by Gasteiger charge is -2.06. The minimum Gasteiger partial charge on any atom is -0.384 e. The molecule has 29 heavy (non-hydrogen) atoms. The van der Waals surface area contributed by atoms with Crippen molar-refractivity contribution in [2.45, 2.75) is 4.90 Å². The Bertz CT molecular complexity index is 1560. The van der Waals surface area contributed by atoms with E-state index in [4.69, 9.17) is 5.73 Å². The van der Waals surface area contributed by atoms with Gasteiger partial charge in [-0.2, -0.15) is 4.98 Å². The van der Waals surface area contributed by atoms with Gasteiger partial charge in [-0.15, -0.1) is 0 Å². The number of aromatic nitrogens is 2. The lowest BCUT2D eigenvalue weighted by atomic mass is 10.1. The summed E-state index contributed by atoms with van der Waals surface area (Å²) in [5.41, 5.74) is 9.44. The van der Waals surface area contributed by atoms with Gasteiger partial charge in [0.15, 0.2) is 14.8 Å². The van der Waals surface area contributed by atoms with E-state index in [9.17, 15) is 13.2 Å². The highest BCUT2D eigenvalue weighted by Crippen LogP contribution is 2.34. The maximum absolute atomic E-state index is 12.7. The van der Waals surface area contributed by atoms with E-state index < -0.39 is 15.4 Å². The van der Waals surface area contributed by atoms with Gasteiger partial charge in [-0.05, 0) is 30.3 Å². The summed E-state index contributed by atoms with van der Waals surface area (Å²) in [6.45, 7) is 0. The molecule has 7 nitrogen and oxygen atoms in total. The van der Waals surface area contributed by atoms with Crippen LogP contribution >= 0.6 is 11.3 Å². The molecule has 1 aliphatic rings. The number of anilines is 1. The van der Waals surface area contributed by atoms with E-state index >= 15 is 0 Å². The van der Waals surface area contributed by atoms with Crippen molar-refractivity contribution in [3.63, 3.8) is 0 Å². The van der Waals surface area contributed by atoms with Crippen LogP contribution in [0.25, 0.3) is 26.8 Å². The van der Waals surface area contributed by atoms with Crippen LogP contribution in [0.4, 0.5) is 11.5 Å². The van der Waals surface area contributed by atoms with Gasteiger partial charge in [0.2, 0.25) is 0 Å². The van der Waals surface area contributed by atoms with Gasteiger partial charge in [0, 0.05) is 23.6 Å². The summed E-state index contributed by atoms with van der Waals surface area (Å²) in [6.07, 6.45) is 4.55. The molecule has 0 amide bonds. The van der Waals surface area contributed by atoms with Crippen molar-refractivity contribution in [3.05, 3.63) is 63.9 Å². The van der Waals surface area contributed by atoms with E-state index in [2.05, 4.69) is 9.98 Å². The van der Waals surface area contributed by atoms with E-state index in [-0.39, 0.29) is 16.3 Å². The first-order valence-electron chi connectivity index (χ1n) is 8.63. The van der Waals surface area contributed by atoms with Crippen LogP contribution in [0, 0.1) is 0 Å². The van der Waals surface area contributed by atoms with Crippen LogP contribution < -0.4 is 11.3 Å². The molecule has 2 aromatic carbocycles. The van der Waals surface area contributed by atoms with Crippen molar-refractivity contribution >= 4 is 65.7 Å². The van der Waals surface area contributed by atoms with Gasteiger partial charge in [0.05, 0.1) is 26.4 Å². The summed E-state index contributed by atoms with van der Waals surface area (Å²) in [6, 6.07) is 12.4. The minimum atomic E-state index is -3.34. The molecule has 0 saturated heterocycles. The average molecular weight is 422 g/mol. The standard InChI is InChI=1S/C20H14N4O3S2/c1-29(26,27)12-6-7-16-17(9-12)28-20-23-19(25)14(18(21)24(16)20)8-11-10-22-15-5-3-2-4-13(11)15/h2-10H,21H2,1H3/b11-8-. The fraction of sp³-hybridized carbons (Fsp3) is 0.0500. The van der Waals surface area contributed by atoms with Gasteiger partial charge in [-0.25, -0.2) is 8.42 Å². The maximum Gasteiger partial charge on any atom is 0.283 e. The second-order valence-corrected chi connectivity index (χ2v) is 9.74. The highest BCUT2D eigenvalue weighted by Gasteiger charge is 2.18. The van der Waals surface area contributed by atoms with E-state index in [0.717, 1.165) is 23.1 Å². The van der Waals surface area contributed by atoms with Crippen molar-refractivity contribution in [1.82, 2.24) is 9.38 Å². The van der Waals surface area contributed by atoms with Crippen molar-refractivity contribution < 1.29 is 8.42 Å². The van der Waals surface area contributed by atoms with E-state index in [1.165, 1.54) is 17.4 Å². The summed E-state index contributed by atoms with van der Waals surface area (Å²) in [5.74, 6) is 0.253. The number of hydrogen-bond acceptors (Lipinski definition) is 7. The number of hydrogen-bond donors (Lipinski definition) is 1. The Morgan fingerprint density at radius 3 is 2.76 bits per heavy atom. The number of nitrogen functional groups attached to an aromatic ring is 1. The number of para-hydroxylation sites is 1. The first-order valence-corrected chi connectivity index (χ1v) is 11.3. The Morgan fingerprint density at radius 2 is 1.97 bits per heavy atom. The minimum absolute atomic E-state index is 0.208. The van der Waals surface area contributed by atoms with Crippen molar-refractivity contribution in [1.29, 1.82) is 0 Å². The highest BCUT2D eigenvalue weighted by molar-refractivity contribution is 7.90. The van der Waals surface area contributed by atoms with Gasteiger partial charge < -0.3 is 5.73 Å². The van der Waals surface area contributed by atoms with Gasteiger partial charge >= 0.3 is 0 Å². The molecule has 2 aromatic heterocycles. The number of benzene rings is 2. The predicted octanol–water partition coefficient (Wildman–Crippen LogP) is 3.15. The van der Waals surface area contributed by atoms with Crippen molar-refractivity contribution in [2.24, 2.45) is 4.99 Å². The number of aliphatic imine (C=N–C) groups is 1. The third-order valence-electron chi connectivity index (χ3n) is 4.79. The van der Waals surface area contributed by atoms with Gasteiger partial charge in [-0.3, -0.25) is 14.2 Å². The molecule has 144 valence electrons. The number of nitrogens with two attached hydrogens (primary N) is 1. The first-order chi connectivity index (χ1) is 13.8. The second kappa shape index (κ2) is 6.10. The molecule has 0 unspecified atom stereocenters. The molecular weight excluding hydrogens is 408 g/mol. The Labute approximate surface area is 169 Å². The van der Waals surface area contributed by atoms with E-state index in [1.807, 2.05) is 24.3 Å². The Morgan fingerprint density at radius 1 is 1.17 bits per heavy atom. The van der Waals surface area contributed by atoms with E-state index in [0.29, 0.717) is 15.2 Å². The normalized spacial score (nSPS) is 14.9. The SMILES string of the molecule is CS(=O)(=O)c1ccc2c(c1)sc1nc(=O)c(/C=C3/C=Nc4ccccc43)c(N)n12. The predicted molar refractivity (Wildman–Crippen MR) is 117 cm³/mol. The fourth-order valence-electron chi connectivity index (χ4n) is 3.37. The lowest BCUT2D eigenvalue weighted by Crippen LogP contribution is -2.16. The van der Waals surface area contributed by atoms with Crippen LogP contribution in [0.15, 0.2) is 57.1 Å². The fourth-order valence-corrected chi connectivity index (χ4v) is 5.15.